The van der Waals surface area contributed by atoms with Gasteiger partial charge in [0.15, 0.2) is 0 Å². The van der Waals surface area contributed by atoms with Gasteiger partial charge in [-0.3, -0.25) is 9.80 Å². The molecule has 2 aliphatic rings. The highest BCUT2D eigenvalue weighted by Gasteiger charge is 2.46. The molecule has 9 nitrogen and oxygen atoms in total. The lowest BCUT2D eigenvalue weighted by Crippen LogP contribution is -2.57. The van der Waals surface area contributed by atoms with Gasteiger partial charge in [0.25, 0.3) is 0 Å². The van der Waals surface area contributed by atoms with E-state index in [1.165, 1.54) is 29.4 Å². The highest BCUT2D eigenvalue weighted by atomic mass is 32.1. The number of aliphatic carboxylic acids is 2. The van der Waals surface area contributed by atoms with Crippen molar-refractivity contribution in [3.05, 3.63) is 34.3 Å². The first-order valence-electron chi connectivity index (χ1n) is 11.1. The van der Waals surface area contributed by atoms with Gasteiger partial charge in [-0.15, -0.1) is 11.3 Å². The number of piperidine rings is 1. The Kier molecular flexibility index (Phi) is 10.1. The van der Waals surface area contributed by atoms with Crippen molar-refractivity contribution in [3.63, 3.8) is 0 Å². The number of likely N-dealkylation sites (N-methyl/N-ethyl adjacent to an activating group) is 1. The Hall–Kier alpha value is -2.72. The number of nitrogens with zero attached hydrogens (tertiary/aromatic N) is 5. The molecule has 4 rings (SSSR count). The number of likely N-dealkylation sites (tertiary alicyclic amines) is 1. The van der Waals surface area contributed by atoms with Crippen LogP contribution in [0.3, 0.4) is 0 Å². The van der Waals surface area contributed by atoms with Gasteiger partial charge in [-0.1, -0.05) is 6.92 Å². The summed E-state index contributed by atoms with van der Waals surface area (Å²) in [4.78, 5) is 32.3. The molecule has 1 fully saturated rings. The van der Waals surface area contributed by atoms with Gasteiger partial charge in [0.05, 0.1) is 12.1 Å². The second-order valence-electron chi connectivity index (χ2n) is 8.29. The first kappa shape index (κ1) is 30.5. The van der Waals surface area contributed by atoms with Gasteiger partial charge in [0, 0.05) is 49.6 Å². The maximum Gasteiger partial charge on any atom is 0.490 e. The Bertz CT molecular complexity index is 1010. The summed E-state index contributed by atoms with van der Waals surface area (Å²) >= 11 is 1.76. The molecule has 2 N–H and O–H groups in total. The summed E-state index contributed by atoms with van der Waals surface area (Å²) in [6.07, 6.45) is -3.87. The van der Waals surface area contributed by atoms with Crippen molar-refractivity contribution in [1.29, 1.82) is 0 Å². The van der Waals surface area contributed by atoms with Crippen LogP contribution >= 0.6 is 11.3 Å². The van der Waals surface area contributed by atoms with Crippen molar-refractivity contribution in [2.45, 2.75) is 57.7 Å². The van der Waals surface area contributed by atoms with Crippen LogP contribution in [0.5, 0.6) is 0 Å². The number of thiazole rings is 1. The molecular formula is C21H27F6N5O4S. The summed E-state index contributed by atoms with van der Waals surface area (Å²) in [5, 5.41) is 17.6. The van der Waals surface area contributed by atoms with E-state index in [4.69, 9.17) is 24.8 Å². The summed E-state index contributed by atoms with van der Waals surface area (Å²) in [5.74, 6) is -4.21. The van der Waals surface area contributed by atoms with E-state index in [1.807, 2.05) is 6.20 Å². The Balaban J connectivity index is 0.000000286. The van der Waals surface area contributed by atoms with Gasteiger partial charge in [-0.25, -0.2) is 19.6 Å². The van der Waals surface area contributed by atoms with E-state index >= 15 is 0 Å². The zero-order chi connectivity index (χ0) is 28.0. The van der Waals surface area contributed by atoms with Crippen molar-refractivity contribution in [3.8, 4) is 0 Å². The molecule has 37 heavy (non-hydrogen) atoms. The molecule has 4 heterocycles. The molecule has 0 aliphatic carbocycles. The molecule has 0 bridgehead atoms. The Labute approximate surface area is 212 Å². The summed E-state index contributed by atoms with van der Waals surface area (Å²) in [6, 6.07) is 0. The van der Waals surface area contributed by atoms with Crippen LogP contribution in [0.15, 0.2) is 17.8 Å². The molecule has 0 amide bonds. The molecule has 2 aromatic heterocycles. The number of aryl methyl sites for hydroxylation is 1. The van der Waals surface area contributed by atoms with Gasteiger partial charge >= 0.3 is 24.3 Å². The third-order valence-corrected chi connectivity index (χ3v) is 6.83. The average Bonchev–Trinajstić information content (AvgIpc) is 3.45. The van der Waals surface area contributed by atoms with E-state index in [9.17, 15) is 26.3 Å². The number of carboxylic acids is 2. The second kappa shape index (κ2) is 12.2. The van der Waals surface area contributed by atoms with Crippen LogP contribution in [0.4, 0.5) is 26.3 Å². The number of hydrogen-bond acceptors (Lipinski definition) is 7. The minimum absolute atomic E-state index is 0.140. The predicted molar refractivity (Wildman–Crippen MR) is 120 cm³/mol. The lowest BCUT2D eigenvalue weighted by molar-refractivity contribution is -0.193. The monoisotopic (exact) mass is 559 g/mol. The highest BCUT2D eigenvalue weighted by Crippen LogP contribution is 2.41. The summed E-state index contributed by atoms with van der Waals surface area (Å²) in [5.41, 5.74) is 1.45. The predicted octanol–water partition coefficient (Wildman–Crippen LogP) is 3.74. The number of imidazole rings is 1. The molecule has 0 unspecified atom stereocenters. The first-order valence-corrected chi connectivity index (χ1v) is 12.0. The van der Waals surface area contributed by atoms with Gasteiger partial charge in [-0.2, -0.15) is 26.3 Å². The van der Waals surface area contributed by atoms with E-state index in [-0.39, 0.29) is 5.54 Å². The minimum atomic E-state index is -5.08. The van der Waals surface area contributed by atoms with E-state index in [0.29, 0.717) is 0 Å². The molecule has 2 aliphatic heterocycles. The Morgan fingerprint density at radius 1 is 1.00 bits per heavy atom. The fourth-order valence-electron chi connectivity index (χ4n) is 4.29. The summed E-state index contributed by atoms with van der Waals surface area (Å²) in [7, 11) is 0. The largest absolute Gasteiger partial charge is 0.490 e. The van der Waals surface area contributed by atoms with E-state index in [0.717, 1.165) is 39.3 Å². The molecule has 1 saturated heterocycles. The van der Waals surface area contributed by atoms with Crippen molar-refractivity contribution in [2.24, 2.45) is 0 Å². The smallest absolute Gasteiger partial charge is 0.475 e. The number of alkyl halides is 6. The molecule has 208 valence electrons. The molecule has 16 heteroatoms. The number of carbonyl (C=O) groups is 2. The molecule has 0 aromatic carbocycles. The highest BCUT2D eigenvalue weighted by molar-refractivity contribution is 7.09. The number of carboxylic acid groups (broad SMARTS) is 2. The van der Waals surface area contributed by atoms with Crippen molar-refractivity contribution < 1.29 is 46.1 Å². The van der Waals surface area contributed by atoms with Crippen molar-refractivity contribution in [2.75, 3.05) is 26.2 Å². The fourth-order valence-corrected chi connectivity index (χ4v) is 4.95. The molecule has 0 atom stereocenters. The second-order valence-corrected chi connectivity index (χ2v) is 9.27. The number of halogens is 6. The van der Waals surface area contributed by atoms with Crippen LogP contribution in [-0.2, 0) is 28.2 Å². The standard InChI is InChI=1S/C17H25N5S.2C2HF3O2/c1-3-21-9-10-22-14(2)12-19-16(22)17(21)4-7-20(8-5-17)13-15-18-6-11-23-15;2*3-2(4,5)1(6)7/h6,11-12H,3-5,7-10,13H2,1-2H3;2*(H,6,7). The lowest BCUT2D eigenvalue weighted by atomic mass is 9.83. The van der Waals surface area contributed by atoms with Crippen LogP contribution < -0.4 is 0 Å². The molecule has 2 aromatic rings. The van der Waals surface area contributed by atoms with Crippen molar-refractivity contribution >= 4 is 23.3 Å². The van der Waals surface area contributed by atoms with Gasteiger partial charge in [0.2, 0.25) is 0 Å². The van der Waals surface area contributed by atoms with E-state index < -0.39 is 24.3 Å². The molecular weight excluding hydrogens is 532 g/mol. The first-order chi connectivity index (χ1) is 17.1. The zero-order valence-electron chi connectivity index (χ0n) is 20.0. The van der Waals surface area contributed by atoms with Crippen LogP contribution in [0, 0.1) is 6.92 Å². The average molecular weight is 560 g/mol. The van der Waals surface area contributed by atoms with Crippen LogP contribution in [0.25, 0.3) is 0 Å². The molecule has 1 spiro atoms. The van der Waals surface area contributed by atoms with Crippen LogP contribution in [0.1, 0.15) is 36.3 Å². The zero-order valence-corrected chi connectivity index (χ0v) is 20.8. The normalized spacial score (nSPS) is 17.7. The minimum Gasteiger partial charge on any atom is -0.475 e. The van der Waals surface area contributed by atoms with E-state index in [1.54, 1.807) is 11.3 Å². The van der Waals surface area contributed by atoms with Gasteiger partial charge in [-0.05, 0) is 26.3 Å². The molecule has 0 radical (unpaired) electrons. The topological polar surface area (TPSA) is 112 Å². The van der Waals surface area contributed by atoms with Gasteiger partial charge < -0.3 is 14.8 Å². The number of fused-ring (bicyclic) bond motifs is 2. The third kappa shape index (κ3) is 7.88. The third-order valence-electron chi connectivity index (χ3n) is 6.06. The number of aromatic nitrogens is 3. The SMILES string of the molecule is CCN1CCn2c(C)cnc2C12CCN(Cc1nccs1)CC2.O=C(O)C(F)(F)F.O=C(O)C(F)(F)F. The van der Waals surface area contributed by atoms with E-state index in [2.05, 4.69) is 44.8 Å². The van der Waals surface area contributed by atoms with Crippen molar-refractivity contribution in [1.82, 2.24) is 24.3 Å². The fraction of sp³-hybridized carbons (Fsp3) is 0.619. The van der Waals surface area contributed by atoms with Gasteiger partial charge in [0.1, 0.15) is 10.8 Å². The quantitative estimate of drug-likeness (QED) is 0.548. The van der Waals surface area contributed by atoms with Crippen LogP contribution in [-0.4, -0.2) is 85.0 Å². The Morgan fingerprint density at radius 2 is 1.54 bits per heavy atom. The lowest BCUT2D eigenvalue weighted by Gasteiger charge is -2.50. The maximum absolute atomic E-state index is 10.6. The maximum atomic E-state index is 10.6. The summed E-state index contributed by atoms with van der Waals surface area (Å²) < 4.78 is 65.9. The number of rotatable bonds is 3. The molecule has 0 saturated carbocycles. The number of hydrogen-bond donors (Lipinski definition) is 2. The Morgan fingerprint density at radius 3 is 1.97 bits per heavy atom. The van der Waals surface area contributed by atoms with Crippen LogP contribution in [0.2, 0.25) is 0 Å². The summed E-state index contributed by atoms with van der Waals surface area (Å²) in [6.45, 7) is 11.1.